The van der Waals surface area contributed by atoms with Gasteiger partial charge in [0.15, 0.2) is 0 Å². The average Bonchev–Trinajstić information content (AvgIpc) is 2.65. The number of benzene rings is 1. The van der Waals surface area contributed by atoms with Crippen LogP contribution in [0.2, 0.25) is 0 Å². The highest BCUT2D eigenvalue weighted by Crippen LogP contribution is 2.11. The lowest BCUT2D eigenvalue weighted by Crippen LogP contribution is -2.05. The van der Waals surface area contributed by atoms with Crippen LogP contribution < -0.4 is 0 Å². The van der Waals surface area contributed by atoms with E-state index in [-0.39, 0.29) is 5.78 Å². The lowest BCUT2D eigenvalue weighted by atomic mass is 10.0. The lowest BCUT2D eigenvalue weighted by molar-refractivity contribution is 0.103. The highest BCUT2D eigenvalue weighted by Gasteiger charge is 2.13. The molecule has 0 radical (unpaired) electrons. The van der Waals surface area contributed by atoms with Gasteiger partial charge in [0.2, 0.25) is 5.78 Å². The van der Waals surface area contributed by atoms with E-state index < -0.39 is 0 Å². The molecule has 0 N–H and O–H groups in total. The van der Waals surface area contributed by atoms with Crippen LogP contribution in [0.15, 0.2) is 36.5 Å². The predicted octanol–water partition coefficient (Wildman–Crippen LogP) is 1.96. The van der Waals surface area contributed by atoms with Crippen molar-refractivity contribution in [2.45, 2.75) is 6.92 Å². The van der Waals surface area contributed by atoms with Crippen molar-refractivity contribution in [1.82, 2.24) is 9.78 Å². The first-order chi connectivity index (χ1) is 7.18. The molecule has 0 saturated heterocycles. The number of nitrogens with zero attached hydrogens (tertiary/aromatic N) is 2. The van der Waals surface area contributed by atoms with Crippen molar-refractivity contribution in [2.75, 3.05) is 0 Å². The van der Waals surface area contributed by atoms with Gasteiger partial charge in [0.1, 0.15) is 5.69 Å². The van der Waals surface area contributed by atoms with Gasteiger partial charge in [0.05, 0.1) is 0 Å². The van der Waals surface area contributed by atoms with Crippen LogP contribution in [-0.2, 0) is 7.05 Å². The summed E-state index contributed by atoms with van der Waals surface area (Å²) < 4.78 is 1.63. The molecule has 0 amide bonds. The summed E-state index contributed by atoms with van der Waals surface area (Å²) in [5, 5.41) is 4.10. The highest BCUT2D eigenvalue weighted by atomic mass is 16.1. The summed E-state index contributed by atoms with van der Waals surface area (Å²) >= 11 is 0. The Morgan fingerprint density at radius 3 is 2.60 bits per heavy atom. The smallest absolute Gasteiger partial charge is 0.213 e. The second-order valence-corrected chi connectivity index (χ2v) is 3.52. The lowest BCUT2D eigenvalue weighted by Gasteiger charge is -2.01. The Morgan fingerprint density at radius 2 is 2.00 bits per heavy atom. The molecule has 0 aliphatic rings. The van der Waals surface area contributed by atoms with Gasteiger partial charge in [-0.2, -0.15) is 5.10 Å². The van der Waals surface area contributed by atoms with Crippen LogP contribution in [0, 0.1) is 6.92 Å². The maximum Gasteiger partial charge on any atom is 0.213 e. The third kappa shape index (κ3) is 1.81. The van der Waals surface area contributed by atoms with Crippen LogP contribution >= 0.6 is 0 Å². The number of hydrogen-bond acceptors (Lipinski definition) is 2. The van der Waals surface area contributed by atoms with E-state index in [1.165, 1.54) is 0 Å². The predicted molar refractivity (Wildman–Crippen MR) is 57.8 cm³/mol. The molecule has 0 saturated carbocycles. The maximum atomic E-state index is 12.0. The zero-order chi connectivity index (χ0) is 10.8. The van der Waals surface area contributed by atoms with Crippen LogP contribution in [0.3, 0.4) is 0 Å². The number of carbonyl (C=O) groups is 1. The summed E-state index contributed by atoms with van der Waals surface area (Å²) in [7, 11) is 1.80. The van der Waals surface area contributed by atoms with E-state index in [2.05, 4.69) is 5.10 Å². The summed E-state index contributed by atoms with van der Waals surface area (Å²) in [6, 6.07) is 9.27. The molecule has 0 atom stereocenters. The molecule has 0 fully saturated rings. The van der Waals surface area contributed by atoms with Crippen LogP contribution in [-0.4, -0.2) is 15.6 Å². The molecular formula is C12H12N2O. The zero-order valence-corrected chi connectivity index (χ0v) is 8.77. The molecule has 0 spiro atoms. The summed E-state index contributed by atoms with van der Waals surface area (Å²) in [4.78, 5) is 12.0. The molecule has 0 unspecified atom stereocenters. The Balaban J connectivity index is 2.41. The summed E-state index contributed by atoms with van der Waals surface area (Å²) in [5.74, 6) is -0.0197. The minimum absolute atomic E-state index is 0.0197. The van der Waals surface area contributed by atoms with Gasteiger partial charge in [-0.3, -0.25) is 9.48 Å². The van der Waals surface area contributed by atoms with E-state index in [0.29, 0.717) is 5.69 Å². The Hall–Kier alpha value is -1.90. The zero-order valence-electron chi connectivity index (χ0n) is 8.77. The number of rotatable bonds is 2. The first-order valence-electron chi connectivity index (χ1n) is 4.78. The van der Waals surface area contributed by atoms with Crippen molar-refractivity contribution in [3.05, 3.63) is 53.3 Å². The molecule has 2 aromatic rings. The summed E-state index contributed by atoms with van der Waals surface area (Å²) in [5.41, 5.74) is 2.19. The molecule has 0 bridgehead atoms. The van der Waals surface area contributed by atoms with Crippen molar-refractivity contribution in [3.8, 4) is 0 Å². The average molecular weight is 200 g/mol. The number of aryl methyl sites for hydroxylation is 2. The van der Waals surface area contributed by atoms with Crippen LogP contribution in [0.25, 0.3) is 0 Å². The molecule has 3 nitrogen and oxygen atoms in total. The largest absolute Gasteiger partial charge is 0.287 e. The van der Waals surface area contributed by atoms with Gasteiger partial charge in [0, 0.05) is 18.8 Å². The Labute approximate surface area is 88.4 Å². The van der Waals surface area contributed by atoms with Gasteiger partial charge >= 0.3 is 0 Å². The van der Waals surface area contributed by atoms with E-state index in [4.69, 9.17) is 0 Å². The molecule has 1 aromatic heterocycles. The van der Waals surface area contributed by atoms with Crippen LogP contribution in [0.4, 0.5) is 0 Å². The Kier molecular flexibility index (Phi) is 2.37. The first-order valence-corrected chi connectivity index (χ1v) is 4.78. The third-order valence-electron chi connectivity index (χ3n) is 2.34. The highest BCUT2D eigenvalue weighted by molar-refractivity contribution is 6.08. The van der Waals surface area contributed by atoms with Gasteiger partial charge in [-0.25, -0.2) is 0 Å². The van der Waals surface area contributed by atoms with E-state index in [1.807, 2.05) is 31.2 Å². The SMILES string of the molecule is Cc1ccccc1C(=O)c1ccn(C)n1. The second-order valence-electron chi connectivity index (χ2n) is 3.52. The number of carbonyl (C=O) groups excluding carboxylic acids is 1. The fourth-order valence-electron chi connectivity index (χ4n) is 1.50. The minimum atomic E-state index is -0.0197. The third-order valence-corrected chi connectivity index (χ3v) is 2.34. The van der Waals surface area contributed by atoms with Gasteiger partial charge in [-0.15, -0.1) is 0 Å². The fraction of sp³-hybridized carbons (Fsp3) is 0.167. The topological polar surface area (TPSA) is 34.9 Å². The molecule has 76 valence electrons. The van der Waals surface area contributed by atoms with Gasteiger partial charge in [0.25, 0.3) is 0 Å². The van der Waals surface area contributed by atoms with Crippen molar-refractivity contribution in [3.63, 3.8) is 0 Å². The van der Waals surface area contributed by atoms with E-state index >= 15 is 0 Å². The van der Waals surface area contributed by atoms with Crippen molar-refractivity contribution in [1.29, 1.82) is 0 Å². The maximum absolute atomic E-state index is 12.0. The summed E-state index contributed by atoms with van der Waals surface area (Å²) in [6.45, 7) is 1.93. The molecule has 1 heterocycles. The molecular weight excluding hydrogens is 188 g/mol. The van der Waals surface area contributed by atoms with Crippen LogP contribution in [0.1, 0.15) is 21.6 Å². The molecule has 2 rings (SSSR count). The molecule has 0 aliphatic heterocycles. The number of ketones is 1. The molecule has 1 aromatic carbocycles. The van der Waals surface area contributed by atoms with Gasteiger partial charge in [-0.05, 0) is 18.6 Å². The number of aromatic nitrogens is 2. The Morgan fingerprint density at radius 1 is 1.27 bits per heavy atom. The first kappa shape index (κ1) is 9.65. The van der Waals surface area contributed by atoms with Crippen LogP contribution in [0.5, 0.6) is 0 Å². The Bertz CT molecular complexity index is 500. The normalized spacial score (nSPS) is 10.3. The fourth-order valence-corrected chi connectivity index (χ4v) is 1.50. The molecule has 3 heteroatoms. The van der Waals surface area contributed by atoms with Gasteiger partial charge in [-0.1, -0.05) is 24.3 Å². The van der Waals surface area contributed by atoms with E-state index in [9.17, 15) is 4.79 Å². The molecule has 0 aliphatic carbocycles. The van der Waals surface area contributed by atoms with Gasteiger partial charge < -0.3 is 0 Å². The van der Waals surface area contributed by atoms with Crippen molar-refractivity contribution < 1.29 is 4.79 Å². The van der Waals surface area contributed by atoms with E-state index in [0.717, 1.165) is 11.1 Å². The standard InChI is InChI=1S/C12H12N2O/c1-9-5-3-4-6-10(9)12(15)11-7-8-14(2)13-11/h3-8H,1-2H3. The molecule has 15 heavy (non-hydrogen) atoms. The minimum Gasteiger partial charge on any atom is -0.287 e. The monoisotopic (exact) mass is 200 g/mol. The van der Waals surface area contributed by atoms with E-state index in [1.54, 1.807) is 24.0 Å². The summed E-state index contributed by atoms with van der Waals surface area (Å²) in [6.07, 6.45) is 1.77. The van der Waals surface area contributed by atoms with Crippen molar-refractivity contribution in [2.24, 2.45) is 7.05 Å². The quantitative estimate of drug-likeness (QED) is 0.694. The number of hydrogen-bond donors (Lipinski definition) is 0. The van der Waals surface area contributed by atoms with Crippen molar-refractivity contribution >= 4 is 5.78 Å². The second kappa shape index (κ2) is 3.69.